The Morgan fingerprint density at radius 1 is 1.47 bits per heavy atom. The van der Waals surface area contributed by atoms with Crippen LogP contribution in [0.2, 0.25) is 0 Å². The molecule has 0 amide bonds. The molecule has 2 nitrogen and oxygen atoms in total. The number of aldehydes is 1. The molecule has 0 aliphatic carbocycles. The van der Waals surface area contributed by atoms with Crippen molar-refractivity contribution in [2.45, 2.75) is 26.2 Å². The van der Waals surface area contributed by atoms with Gasteiger partial charge in [0.05, 0.1) is 0 Å². The van der Waals surface area contributed by atoms with E-state index in [9.17, 15) is 4.79 Å². The molecule has 0 bridgehead atoms. The molecule has 2 heteroatoms. The van der Waals surface area contributed by atoms with Crippen molar-refractivity contribution >= 4 is 12.0 Å². The minimum absolute atomic E-state index is 0.632. The number of carbonyl (C=O) groups excluding carboxylic acids is 1. The molecule has 1 heterocycles. The van der Waals surface area contributed by atoms with Gasteiger partial charge in [-0.25, -0.2) is 0 Å². The van der Waals surface area contributed by atoms with Gasteiger partial charge in [-0.15, -0.1) is 0 Å². The number of rotatable bonds is 3. The van der Waals surface area contributed by atoms with Crippen LogP contribution in [0, 0.1) is 6.92 Å². The van der Waals surface area contributed by atoms with Crippen molar-refractivity contribution in [1.29, 1.82) is 0 Å². The Morgan fingerprint density at radius 3 is 3.13 bits per heavy atom. The number of carbonyl (C=O) groups is 1. The number of aryl methyl sites for hydroxylation is 2. The molecule has 2 rings (SSSR count). The highest BCUT2D eigenvalue weighted by molar-refractivity contribution is 5.58. The summed E-state index contributed by atoms with van der Waals surface area (Å²) in [5.41, 5.74) is 4.09. The Labute approximate surface area is 90.9 Å². The lowest BCUT2D eigenvalue weighted by atomic mass is 9.99. The highest BCUT2D eigenvalue weighted by Gasteiger charge is 2.15. The molecule has 1 aliphatic rings. The standard InChI is InChI=1S/C13H17NO/c1-11-5-6-13-12(10-11)4-2-7-14(13)8-3-9-15/h5-6,9-10H,2-4,7-8H2,1H3. The Bertz CT molecular complexity index is 360. The molecule has 0 unspecified atom stereocenters. The Balaban J connectivity index is 2.22. The molecule has 15 heavy (non-hydrogen) atoms. The maximum absolute atomic E-state index is 10.4. The van der Waals surface area contributed by atoms with Crippen molar-refractivity contribution in [2.24, 2.45) is 0 Å². The van der Waals surface area contributed by atoms with E-state index in [0.29, 0.717) is 6.42 Å². The molecule has 0 aromatic heterocycles. The second-order valence-electron chi connectivity index (χ2n) is 4.18. The molecule has 80 valence electrons. The highest BCUT2D eigenvalue weighted by atomic mass is 16.1. The van der Waals surface area contributed by atoms with Gasteiger partial charge in [-0.3, -0.25) is 0 Å². The third-order valence-corrected chi connectivity index (χ3v) is 2.97. The molecule has 1 aromatic carbocycles. The third kappa shape index (κ3) is 2.20. The van der Waals surface area contributed by atoms with Crippen molar-refractivity contribution in [3.05, 3.63) is 29.3 Å². The first-order valence-corrected chi connectivity index (χ1v) is 5.59. The van der Waals surface area contributed by atoms with Crippen LogP contribution in [0.4, 0.5) is 5.69 Å². The van der Waals surface area contributed by atoms with Crippen molar-refractivity contribution in [2.75, 3.05) is 18.0 Å². The van der Waals surface area contributed by atoms with Crippen LogP contribution in [-0.4, -0.2) is 19.4 Å². The Kier molecular flexibility index (Phi) is 3.05. The average molecular weight is 203 g/mol. The molecule has 0 spiro atoms. The van der Waals surface area contributed by atoms with Gasteiger partial charge in [0.25, 0.3) is 0 Å². The van der Waals surface area contributed by atoms with Gasteiger partial charge in [0.15, 0.2) is 0 Å². The van der Waals surface area contributed by atoms with Crippen molar-refractivity contribution in [1.82, 2.24) is 0 Å². The van der Waals surface area contributed by atoms with Gasteiger partial charge in [0, 0.05) is 25.2 Å². The van der Waals surface area contributed by atoms with E-state index >= 15 is 0 Å². The monoisotopic (exact) mass is 203 g/mol. The van der Waals surface area contributed by atoms with Crippen molar-refractivity contribution < 1.29 is 4.79 Å². The lowest BCUT2D eigenvalue weighted by Crippen LogP contribution is -2.30. The van der Waals surface area contributed by atoms with E-state index in [4.69, 9.17) is 0 Å². The van der Waals surface area contributed by atoms with Gasteiger partial charge < -0.3 is 9.69 Å². The quantitative estimate of drug-likeness (QED) is 0.703. The summed E-state index contributed by atoms with van der Waals surface area (Å²) >= 11 is 0. The van der Waals surface area contributed by atoms with Gasteiger partial charge >= 0.3 is 0 Å². The third-order valence-electron chi connectivity index (χ3n) is 2.97. The zero-order valence-electron chi connectivity index (χ0n) is 9.20. The van der Waals surface area contributed by atoms with Crippen molar-refractivity contribution in [3.8, 4) is 0 Å². The molecular weight excluding hydrogens is 186 g/mol. The van der Waals surface area contributed by atoms with Crippen LogP contribution in [-0.2, 0) is 11.2 Å². The van der Waals surface area contributed by atoms with Crippen LogP contribution in [0.1, 0.15) is 24.0 Å². The van der Waals surface area contributed by atoms with E-state index in [1.807, 2.05) is 0 Å². The van der Waals surface area contributed by atoms with Crippen molar-refractivity contribution in [3.63, 3.8) is 0 Å². The summed E-state index contributed by atoms with van der Waals surface area (Å²) in [5, 5.41) is 0. The fourth-order valence-electron chi connectivity index (χ4n) is 2.24. The second-order valence-corrected chi connectivity index (χ2v) is 4.18. The Hall–Kier alpha value is -1.31. The maximum Gasteiger partial charge on any atom is 0.121 e. The fraction of sp³-hybridized carbons (Fsp3) is 0.462. The summed E-state index contributed by atoms with van der Waals surface area (Å²) < 4.78 is 0. The topological polar surface area (TPSA) is 20.3 Å². The number of benzene rings is 1. The smallest absolute Gasteiger partial charge is 0.121 e. The normalized spacial score (nSPS) is 14.9. The van der Waals surface area contributed by atoms with E-state index in [-0.39, 0.29) is 0 Å². The van der Waals surface area contributed by atoms with E-state index in [1.165, 1.54) is 29.7 Å². The van der Waals surface area contributed by atoms with Gasteiger partial charge in [0.1, 0.15) is 6.29 Å². The van der Waals surface area contributed by atoms with Crippen LogP contribution < -0.4 is 4.90 Å². The number of nitrogens with zero attached hydrogens (tertiary/aromatic N) is 1. The molecule has 0 saturated heterocycles. The summed E-state index contributed by atoms with van der Waals surface area (Å²) in [6, 6.07) is 6.61. The lowest BCUT2D eigenvalue weighted by Gasteiger charge is -2.31. The summed E-state index contributed by atoms with van der Waals surface area (Å²) in [5.74, 6) is 0. The van der Waals surface area contributed by atoms with Crippen LogP contribution in [0.3, 0.4) is 0 Å². The molecule has 0 atom stereocenters. The molecule has 1 aromatic rings. The van der Waals surface area contributed by atoms with Gasteiger partial charge in [0.2, 0.25) is 0 Å². The molecule has 0 radical (unpaired) electrons. The number of hydrogen-bond donors (Lipinski definition) is 0. The molecule has 0 fully saturated rings. The molecule has 1 aliphatic heterocycles. The predicted octanol–water partition coefficient (Wildman–Crippen LogP) is 2.34. The first-order valence-electron chi connectivity index (χ1n) is 5.59. The SMILES string of the molecule is Cc1ccc2c(c1)CCCN2CCC=O. The average Bonchev–Trinajstić information content (AvgIpc) is 2.25. The van der Waals surface area contributed by atoms with Gasteiger partial charge in [-0.05, 0) is 31.4 Å². The van der Waals surface area contributed by atoms with Gasteiger partial charge in [-0.1, -0.05) is 17.7 Å². The zero-order chi connectivity index (χ0) is 10.7. The van der Waals surface area contributed by atoms with E-state index < -0.39 is 0 Å². The minimum Gasteiger partial charge on any atom is -0.371 e. The summed E-state index contributed by atoms with van der Waals surface area (Å²) in [7, 11) is 0. The molecule has 0 N–H and O–H groups in total. The Morgan fingerprint density at radius 2 is 2.33 bits per heavy atom. The van der Waals surface area contributed by atoms with E-state index in [2.05, 4.69) is 30.0 Å². The summed E-state index contributed by atoms with van der Waals surface area (Å²) in [6.07, 6.45) is 4.01. The predicted molar refractivity (Wildman–Crippen MR) is 62.4 cm³/mol. The van der Waals surface area contributed by atoms with Crippen LogP contribution in [0.15, 0.2) is 18.2 Å². The first kappa shape index (κ1) is 10.2. The number of fused-ring (bicyclic) bond motifs is 1. The molecular formula is C13H17NO. The highest BCUT2D eigenvalue weighted by Crippen LogP contribution is 2.27. The van der Waals surface area contributed by atoms with E-state index in [1.54, 1.807) is 0 Å². The fourth-order valence-corrected chi connectivity index (χ4v) is 2.24. The maximum atomic E-state index is 10.4. The molecule has 0 saturated carbocycles. The minimum atomic E-state index is 0.632. The van der Waals surface area contributed by atoms with Crippen LogP contribution in [0.5, 0.6) is 0 Å². The summed E-state index contributed by atoms with van der Waals surface area (Å²) in [6.45, 7) is 4.08. The van der Waals surface area contributed by atoms with Gasteiger partial charge in [-0.2, -0.15) is 0 Å². The first-order chi connectivity index (χ1) is 7.31. The number of hydrogen-bond acceptors (Lipinski definition) is 2. The summed E-state index contributed by atoms with van der Waals surface area (Å²) in [4.78, 5) is 12.7. The van der Waals surface area contributed by atoms with Crippen LogP contribution in [0.25, 0.3) is 0 Å². The zero-order valence-corrected chi connectivity index (χ0v) is 9.20. The van der Waals surface area contributed by atoms with Crippen LogP contribution >= 0.6 is 0 Å². The number of anilines is 1. The lowest BCUT2D eigenvalue weighted by molar-refractivity contribution is -0.107. The van der Waals surface area contributed by atoms with E-state index in [0.717, 1.165) is 19.4 Å². The largest absolute Gasteiger partial charge is 0.371 e. The second kappa shape index (κ2) is 4.47.